The van der Waals surface area contributed by atoms with E-state index in [1.54, 1.807) is 35.5 Å². The molecule has 4 rings (SSSR count). The van der Waals surface area contributed by atoms with Crippen LogP contribution in [0.2, 0.25) is 0 Å². The van der Waals surface area contributed by atoms with E-state index >= 15 is 0 Å². The van der Waals surface area contributed by atoms with Gasteiger partial charge in [-0.3, -0.25) is 0 Å². The molecule has 2 aliphatic rings. The summed E-state index contributed by atoms with van der Waals surface area (Å²) in [5, 5.41) is 0. The van der Waals surface area contributed by atoms with E-state index in [4.69, 9.17) is 23.7 Å². The van der Waals surface area contributed by atoms with E-state index < -0.39 is 0 Å². The van der Waals surface area contributed by atoms with Crippen LogP contribution < -0.4 is 23.7 Å². The van der Waals surface area contributed by atoms with Crippen molar-refractivity contribution in [3.63, 3.8) is 0 Å². The Hall–Kier alpha value is -1.90. The summed E-state index contributed by atoms with van der Waals surface area (Å²) >= 11 is 4.13. The largest absolute Gasteiger partial charge is 0.493 e. The Morgan fingerprint density at radius 1 is 0.707 bits per heavy atom. The molecule has 0 unspecified atom stereocenters. The van der Waals surface area contributed by atoms with E-state index in [0.717, 1.165) is 36.0 Å². The highest BCUT2D eigenvalue weighted by molar-refractivity contribution is 8.18. The molecule has 0 spiro atoms. The third kappa shape index (κ3) is 6.70. The molecule has 8 heteroatoms. The van der Waals surface area contributed by atoms with E-state index in [0.29, 0.717) is 17.2 Å². The van der Waals surface area contributed by atoms with E-state index in [2.05, 4.69) is 79.7 Å². The summed E-state index contributed by atoms with van der Waals surface area (Å²) < 4.78 is 28.4. The van der Waals surface area contributed by atoms with Gasteiger partial charge in [-0.05, 0) is 93.5 Å². The molecule has 1 aliphatic heterocycles. The van der Waals surface area contributed by atoms with Crippen molar-refractivity contribution < 1.29 is 23.7 Å². The maximum Gasteiger partial charge on any atom is 0.203 e. The van der Waals surface area contributed by atoms with Crippen molar-refractivity contribution in [1.29, 1.82) is 0 Å². The molecule has 1 saturated carbocycles. The van der Waals surface area contributed by atoms with Crippen LogP contribution in [0.1, 0.15) is 69.9 Å². The van der Waals surface area contributed by atoms with E-state index in [1.807, 2.05) is 0 Å². The second kappa shape index (κ2) is 13.6. The molecule has 0 aromatic heterocycles. The lowest BCUT2D eigenvalue weighted by Crippen LogP contribution is -2.51. The van der Waals surface area contributed by atoms with Crippen molar-refractivity contribution in [3.8, 4) is 28.7 Å². The summed E-state index contributed by atoms with van der Waals surface area (Å²) in [6.07, 6.45) is 8.40. The minimum Gasteiger partial charge on any atom is -0.493 e. The number of methoxy groups -OCH3 is 5. The number of rotatable bonds is 12. The van der Waals surface area contributed by atoms with E-state index in [9.17, 15) is 0 Å². The fourth-order valence-corrected chi connectivity index (χ4v) is 10.3. The van der Waals surface area contributed by atoms with Crippen LogP contribution in [0.3, 0.4) is 0 Å². The predicted molar refractivity (Wildman–Crippen MR) is 173 cm³/mol. The first-order valence-corrected chi connectivity index (χ1v) is 16.7. The molecule has 0 N–H and O–H groups in total. The number of hydrogen-bond donors (Lipinski definition) is 0. The lowest BCUT2D eigenvalue weighted by molar-refractivity contribution is 0.0912. The summed E-state index contributed by atoms with van der Waals surface area (Å²) in [7, 11) is 10.8. The van der Waals surface area contributed by atoms with Gasteiger partial charge in [0.1, 0.15) is 0 Å². The molecule has 0 atom stereocenters. The Labute approximate surface area is 256 Å². The van der Waals surface area contributed by atoms with Crippen LogP contribution in [-0.2, 0) is 9.49 Å². The van der Waals surface area contributed by atoms with Gasteiger partial charge in [0.25, 0.3) is 0 Å². The van der Waals surface area contributed by atoms with Gasteiger partial charge < -0.3 is 28.6 Å². The second-order valence-corrected chi connectivity index (χ2v) is 15.0. The van der Waals surface area contributed by atoms with Crippen LogP contribution in [0.4, 0.5) is 0 Å². The number of ether oxygens (including phenoxy) is 5. The maximum absolute atomic E-state index is 5.78. The lowest BCUT2D eigenvalue weighted by Gasteiger charge is -2.49. The zero-order valence-electron chi connectivity index (χ0n) is 26.3. The molecular weight excluding hydrogens is 554 g/mol. The molecule has 41 heavy (non-hydrogen) atoms. The summed E-state index contributed by atoms with van der Waals surface area (Å²) in [6, 6.07) is 10.9. The maximum atomic E-state index is 5.78. The molecule has 2 aromatic carbocycles. The first-order chi connectivity index (χ1) is 19.7. The number of likely N-dealkylation sites (N-methyl/N-ethyl adjacent to an activating group) is 1. The van der Waals surface area contributed by atoms with Crippen molar-refractivity contribution in [1.82, 2.24) is 4.90 Å². The monoisotopic (exact) mass is 603 g/mol. The fraction of sp³-hybridized carbons (Fsp3) is 0.636. The zero-order valence-corrected chi connectivity index (χ0v) is 27.9. The van der Waals surface area contributed by atoms with Gasteiger partial charge in [-0.2, -0.15) is 0 Å². The first-order valence-electron chi connectivity index (χ1n) is 14.7. The number of benzene rings is 2. The standard InChI is InChI=1S/C33H49NO5S2/c1-31(2,22-33(40-17-12-18-41-33)25-20-28(37-6)30(39-8)29(21-25)38-7)34(3)23-32(15-10-9-11-16-32)24-13-14-26(35-4)27(19-24)36-5/h13-14,19-21H,9-12,15-18,22-23H2,1-8H3. The summed E-state index contributed by atoms with van der Waals surface area (Å²) in [6.45, 7) is 5.82. The van der Waals surface area contributed by atoms with Crippen molar-refractivity contribution in [3.05, 3.63) is 41.5 Å². The van der Waals surface area contributed by atoms with Gasteiger partial charge in [-0.1, -0.05) is 25.3 Å². The predicted octanol–water partition coefficient (Wildman–Crippen LogP) is 7.76. The van der Waals surface area contributed by atoms with Crippen LogP contribution >= 0.6 is 23.5 Å². The Bertz CT molecular complexity index is 1130. The minimum absolute atomic E-state index is 0.0707. The van der Waals surface area contributed by atoms with Crippen molar-refractivity contribution >= 4 is 23.5 Å². The molecule has 6 nitrogen and oxygen atoms in total. The van der Waals surface area contributed by atoms with E-state index in [1.165, 1.54) is 49.7 Å². The zero-order chi connectivity index (χ0) is 29.7. The molecule has 1 saturated heterocycles. The summed E-state index contributed by atoms with van der Waals surface area (Å²) in [5.74, 6) is 5.95. The molecule has 0 bridgehead atoms. The molecular formula is C33H49NO5S2. The van der Waals surface area contributed by atoms with E-state index in [-0.39, 0.29) is 15.0 Å². The van der Waals surface area contributed by atoms with Crippen molar-refractivity contribution in [2.24, 2.45) is 0 Å². The van der Waals surface area contributed by atoms with Crippen molar-refractivity contribution in [2.75, 3.05) is 60.6 Å². The van der Waals surface area contributed by atoms with Crippen LogP contribution in [-0.4, -0.2) is 71.1 Å². The molecule has 0 radical (unpaired) electrons. The lowest BCUT2D eigenvalue weighted by atomic mass is 9.68. The minimum atomic E-state index is -0.119. The number of thioether (sulfide) groups is 2. The highest BCUT2D eigenvalue weighted by atomic mass is 32.2. The molecule has 1 aliphatic carbocycles. The van der Waals surface area contributed by atoms with Gasteiger partial charge in [-0.15, -0.1) is 23.5 Å². The average molecular weight is 604 g/mol. The highest BCUT2D eigenvalue weighted by Crippen LogP contribution is 2.57. The van der Waals surface area contributed by atoms with Gasteiger partial charge in [0.05, 0.1) is 39.6 Å². The quantitative estimate of drug-likeness (QED) is 0.244. The third-order valence-corrected chi connectivity index (χ3v) is 12.5. The normalized spacial score (nSPS) is 18.6. The molecule has 1 heterocycles. The summed E-state index contributed by atoms with van der Waals surface area (Å²) in [5.41, 5.74) is 2.60. The first kappa shape index (κ1) is 32.0. The van der Waals surface area contributed by atoms with Crippen LogP contribution in [0, 0.1) is 0 Å². The smallest absolute Gasteiger partial charge is 0.203 e. The SMILES string of the molecule is COc1ccc(C2(CN(C)C(C)(C)CC3(c4cc(OC)c(OC)c(OC)c4)SCCCS3)CCCCC2)cc1OC. The van der Waals surface area contributed by atoms with Crippen LogP contribution in [0.15, 0.2) is 30.3 Å². The van der Waals surface area contributed by atoms with Crippen molar-refractivity contribution in [2.45, 2.75) is 73.8 Å². The number of hydrogen-bond acceptors (Lipinski definition) is 8. The second-order valence-electron chi connectivity index (χ2n) is 12.0. The summed E-state index contributed by atoms with van der Waals surface area (Å²) in [4.78, 5) is 2.62. The molecule has 2 aromatic rings. The molecule has 228 valence electrons. The topological polar surface area (TPSA) is 49.4 Å². The molecule has 0 amide bonds. The van der Waals surface area contributed by atoms with Gasteiger partial charge in [-0.25, -0.2) is 0 Å². The van der Waals surface area contributed by atoms with Gasteiger partial charge in [0, 0.05) is 17.5 Å². The fourth-order valence-electron chi connectivity index (χ4n) is 6.55. The Morgan fingerprint density at radius 2 is 1.27 bits per heavy atom. The number of nitrogens with zero attached hydrogens (tertiary/aromatic N) is 1. The highest BCUT2D eigenvalue weighted by Gasteiger charge is 2.45. The Morgan fingerprint density at radius 3 is 1.80 bits per heavy atom. The van der Waals surface area contributed by atoms with Crippen LogP contribution in [0.25, 0.3) is 0 Å². The van der Waals surface area contributed by atoms with Gasteiger partial charge in [0.15, 0.2) is 23.0 Å². The average Bonchev–Trinajstić information content (AvgIpc) is 3.00. The Kier molecular flexibility index (Phi) is 10.6. The van der Waals surface area contributed by atoms with Crippen LogP contribution in [0.5, 0.6) is 28.7 Å². The molecule has 2 fully saturated rings. The third-order valence-electron chi connectivity index (χ3n) is 9.11. The Balaban J connectivity index is 1.68. The van der Waals surface area contributed by atoms with Gasteiger partial charge >= 0.3 is 0 Å². The van der Waals surface area contributed by atoms with Gasteiger partial charge in [0.2, 0.25) is 5.75 Å².